The summed E-state index contributed by atoms with van der Waals surface area (Å²) in [5.41, 5.74) is 6.17. The Morgan fingerprint density at radius 3 is 2.62 bits per heavy atom. The van der Waals surface area contributed by atoms with Gasteiger partial charge in [-0.3, -0.25) is 9.59 Å². The first kappa shape index (κ1) is 19.4. The first-order chi connectivity index (χ1) is 12.4. The molecule has 0 saturated heterocycles. The van der Waals surface area contributed by atoms with Crippen LogP contribution in [0.1, 0.15) is 32.1 Å². The number of carbonyl (C=O) groups is 3. The summed E-state index contributed by atoms with van der Waals surface area (Å²) in [5, 5.41) is 11.8. The minimum Gasteiger partial charge on any atom is -0.427 e. The molecule has 0 radical (unpaired) electrons. The van der Waals surface area contributed by atoms with Crippen LogP contribution in [0.4, 0.5) is 10.5 Å². The minimum atomic E-state index is -0.660. The zero-order valence-electron chi connectivity index (χ0n) is 14.3. The number of unbranched alkanes of at least 4 members (excludes halogenated alkanes) is 1. The van der Waals surface area contributed by atoms with Gasteiger partial charge < -0.3 is 20.9 Å². The quantitative estimate of drug-likeness (QED) is 0.285. The fourth-order valence-corrected chi connectivity index (χ4v) is 2.51. The lowest BCUT2D eigenvalue weighted by atomic mass is 10.1. The molecule has 7 nitrogen and oxygen atoms in total. The van der Waals surface area contributed by atoms with Crippen LogP contribution in [0.3, 0.4) is 0 Å². The molecule has 1 atom stereocenters. The lowest BCUT2D eigenvalue weighted by molar-refractivity contribution is -0.134. The largest absolute Gasteiger partial charge is 0.427 e. The maximum Gasteiger partial charge on any atom is 0.316 e. The molecule has 2 amide bonds. The molecule has 0 saturated carbocycles. The lowest BCUT2D eigenvalue weighted by Crippen LogP contribution is -2.19. The number of rotatable bonds is 8. The second-order valence-corrected chi connectivity index (χ2v) is 5.94. The maximum atomic E-state index is 11.8. The van der Waals surface area contributed by atoms with E-state index in [0.717, 1.165) is 0 Å². The number of hydrogen-bond acceptors (Lipinski definition) is 5. The Morgan fingerprint density at radius 2 is 2.00 bits per heavy atom. The molecule has 0 spiro atoms. The molecule has 26 heavy (non-hydrogen) atoms. The number of ketones is 1. The second-order valence-electron chi connectivity index (χ2n) is 5.94. The highest BCUT2D eigenvalue weighted by Gasteiger charge is 2.20. The standard InChI is InChI=1S/C19H22N2O5/c20-19(25)21-14-7-9-16(10-8-14)26-18(24)6-4-2-1-3-5-13-11-15(22)12-17(13)23/h1,3,7-11,15,22H,2,4-6,12H2,(H3,20,21,25)/b3-1-. The van der Waals surface area contributed by atoms with Gasteiger partial charge >= 0.3 is 12.0 Å². The fraction of sp³-hybridized carbons (Fsp3) is 0.316. The molecule has 0 heterocycles. The van der Waals surface area contributed by atoms with Gasteiger partial charge in [0.15, 0.2) is 5.78 Å². The molecule has 1 aromatic carbocycles. The molecular weight excluding hydrogens is 336 g/mol. The Labute approximate surface area is 151 Å². The number of nitrogens with two attached hydrogens (primary N) is 1. The second kappa shape index (κ2) is 9.53. The monoisotopic (exact) mass is 358 g/mol. The van der Waals surface area contributed by atoms with E-state index in [2.05, 4.69) is 5.32 Å². The van der Waals surface area contributed by atoms with Crippen molar-refractivity contribution in [3.05, 3.63) is 48.1 Å². The van der Waals surface area contributed by atoms with Crippen molar-refractivity contribution < 1.29 is 24.2 Å². The summed E-state index contributed by atoms with van der Waals surface area (Å²) in [7, 11) is 0. The topological polar surface area (TPSA) is 119 Å². The summed E-state index contributed by atoms with van der Waals surface area (Å²) in [4.78, 5) is 34.0. The number of esters is 1. The van der Waals surface area contributed by atoms with Gasteiger partial charge in [0.05, 0.1) is 6.10 Å². The van der Waals surface area contributed by atoms with Crippen molar-refractivity contribution in [1.29, 1.82) is 0 Å². The zero-order chi connectivity index (χ0) is 18.9. The van der Waals surface area contributed by atoms with Crippen LogP contribution >= 0.6 is 0 Å². The molecule has 2 rings (SSSR count). The number of allylic oxidation sites excluding steroid dienone is 3. The van der Waals surface area contributed by atoms with Gasteiger partial charge in [-0.1, -0.05) is 12.2 Å². The van der Waals surface area contributed by atoms with Crippen molar-refractivity contribution in [3.8, 4) is 5.75 Å². The number of ether oxygens (including phenoxy) is 1. The molecule has 1 aromatic rings. The third kappa shape index (κ3) is 6.52. The molecule has 1 unspecified atom stereocenters. The summed E-state index contributed by atoms with van der Waals surface area (Å²) in [5.74, 6) is 0.0411. The van der Waals surface area contributed by atoms with E-state index in [0.29, 0.717) is 36.3 Å². The number of hydrogen-bond donors (Lipinski definition) is 3. The molecule has 1 aliphatic rings. The predicted molar refractivity (Wildman–Crippen MR) is 96.6 cm³/mol. The molecule has 0 aromatic heterocycles. The maximum absolute atomic E-state index is 11.8. The number of aliphatic hydroxyl groups is 1. The summed E-state index contributed by atoms with van der Waals surface area (Å²) in [6, 6.07) is 5.67. The number of urea groups is 1. The number of primary amides is 1. The van der Waals surface area contributed by atoms with E-state index in [4.69, 9.17) is 10.5 Å². The van der Waals surface area contributed by atoms with Gasteiger partial charge in [0.1, 0.15) is 5.75 Å². The zero-order valence-corrected chi connectivity index (χ0v) is 14.3. The highest BCUT2D eigenvalue weighted by atomic mass is 16.5. The Kier molecular flexibility index (Phi) is 7.11. The Bertz CT molecular complexity index is 722. The molecule has 7 heteroatoms. The van der Waals surface area contributed by atoms with Crippen molar-refractivity contribution in [2.24, 2.45) is 5.73 Å². The van der Waals surface area contributed by atoms with Crippen molar-refractivity contribution in [2.75, 3.05) is 5.32 Å². The van der Waals surface area contributed by atoms with E-state index < -0.39 is 12.1 Å². The SMILES string of the molecule is NC(=O)Nc1ccc(OC(=O)CCC/C=C\CC2=CC(O)CC2=O)cc1. The highest BCUT2D eigenvalue weighted by molar-refractivity contribution is 5.98. The van der Waals surface area contributed by atoms with Gasteiger partial charge in [-0.05, 0) is 55.2 Å². The van der Waals surface area contributed by atoms with E-state index in [9.17, 15) is 19.5 Å². The number of nitrogens with one attached hydrogen (secondary N) is 1. The smallest absolute Gasteiger partial charge is 0.316 e. The van der Waals surface area contributed by atoms with E-state index >= 15 is 0 Å². The van der Waals surface area contributed by atoms with E-state index in [1.165, 1.54) is 0 Å². The van der Waals surface area contributed by atoms with Gasteiger partial charge in [0.2, 0.25) is 0 Å². The third-order valence-electron chi connectivity index (χ3n) is 3.76. The summed E-state index contributed by atoms with van der Waals surface area (Å²) < 4.78 is 5.20. The first-order valence-corrected chi connectivity index (χ1v) is 8.38. The van der Waals surface area contributed by atoms with Crippen LogP contribution in [-0.4, -0.2) is 29.0 Å². The average Bonchev–Trinajstić information content (AvgIpc) is 2.89. The first-order valence-electron chi connectivity index (χ1n) is 8.38. The van der Waals surface area contributed by atoms with Crippen LogP contribution in [0.2, 0.25) is 0 Å². The molecule has 0 fully saturated rings. The van der Waals surface area contributed by atoms with Crippen molar-refractivity contribution in [3.63, 3.8) is 0 Å². The van der Waals surface area contributed by atoms with Crippen LogP contribution in [0.15, 0.2) is 48.1 Å². The third-order valence-corrected chi connectivity index (χ3v) is 3.76. The molecule has 138 valence electrons. The van der Waals surface area contributed by atoms with Gasteiger partial charge in [-0.25, -0.2) is 4.79 Å². The van der Waals surface area contributed by atoms with Crippen LogP contribution < -0.4 is 15.8 Å². The number of amides is 2. The molecule has 0 aliphatic heterocycles. The van der Waals surface area contributed by atoms with Crippen LogP contribution in [0.25, 0.3) is 0 Å². The fourth-order valence-electron chi connectivity index (χ4n) is 2.51. The number of Topliss-reactive ketones (excluding diaryl/α,β-unsaturated/α-hetero) is 1. The van der Waals surface area contributed by atoms with Crippen molar-refractivity contribution in [1.82, 2.24) is 0 Å². The molecule has 0 bridgehead atoms. The van der Waals surface area contributed by atoms with Gasteiger partial charge in [-0.2, -0.15) is 0 Å². The number of carbonyl (C=O) groups excluding carboxylic acids is 3. The van der Waals surface area contributed by atoms with Crippen LogP contribution in [0.5, 0.6) is 5.75 Å². The summed E-state index contributed by atoms with van der Waals surface area (Å²) >= 11 is 0. The molecule has 4 N–H and O–H groups in total. The number of benzene rings is 1. The normalized spacial score (nSPS) is 16.6. The molecule has 1 aliphatic carbocycles. The van der Waals surface area contributed by atoms with Crippen molar-refractivity contribution in [2.45, 2.75) is 38.2 Å². The van der Waals surface area contributed by atoms with E-state index in [-0.39, 0.29) is 24.6 Å². The minimum absolute atomic E-state index is 0.0113. The lowest BCUT2D eigenvalue weighted by Gasteiger charge is -2.05. The van der Waals surface area contributed by atoms with E-state index in [1.807, 2.05) is 12.2 Å². The Balaban J connectivity index is 1.64. The highest BCUT2D eigenvalue weighted by Crippen LogP contribution is 2.19. The van der Waals surface area contributed by atoms with Gasteiger partial charge in [-0.15, -0.1) is 0 Å². The van der Waals surface area contributed by atoms with Gasteiger partial charge in [0, 0.05) is 18.5 Å². The molecular formula is C19H22N2O5. The van der Waals surface area contributed by atoms with Crippen LogP contribution in [-0.2, 0) is 9.59 Å². The van der Waals surface area contributed by atoms with E-state index in [1.54, 1.807) is 30.3 Å². The number of anilines is 1. The van der Waals surface area contributed by atoms with Crippen LogP contribution in [0, 0.1) is 0 Å². The van der Waals surface area contributed by atoms with Gasteiger partial charge in [0.25, 0.3) is 0 Å². The average molecular weight is 358 g/mol. The number of aliphatic hydroxyl groups excluding tert-OH is 1. The Morgan fingerprint density at radius 1 is 1.27 bits per heavy atom. The summed E-state index contributed by atoms with van der Waals surface area (Å²) in [6.07, 6.45) is 7.00. The Hall–Kier alpha value is -2.93. The predicted octanol–water partition coefficient (Wildman–Crippen LogP) is 2.46. The van der Waals surface area contributed by atoms with Crippen molar-refractivity contribution >= 4 is 23.5 Å². The summed E-state index contributed by atoms with van der Waals surface area (Å²) in [6.45, 7) is 0.